The normalized spacial score (nSPS) is 17.4. The zero-order chi connectivity index (χ0) is 17.8. The molecule has 0 radical (unpaired) electrons. The molecule has 1 saturated heterocycles. The number of urea groups is 1. The van der Waals surface area contributed by atoms with Crippen LogP contribution in [0.15, 0.2) is 24.3 Å². The topological polar surface area (TPSA) is 73.0 Å². The average Bonchev–Trinajstić information content (AvgIpc) is 2.92. The number of carbonyl (C=O) groups is 1. The van der Waals surface area contributed by atoms with E-state index in [2.05, 4.69) is 20.8 Å². The summed E-state index contributed by atoms with van der Waals surface area (Å²) in [6.07, 6.45) is 1.81. The Labute approximate surface area is 146 Å². The third-order valence-electron chi connectivity index (χ3n) is 4.66. The lowest BCUT2D eigenvalue weighted by atomic mass is 10.0. The van der Waals surface area contributed by atoms with Crippen LogP contribution in [0.1, 0.15) is 29.8 Å². The van der Waals surface area contributed by atoms with Crippen LogP contribution in [0.4, 0.5) is 14.9 Å². The molecule has 0 bridgehead atoms. The molecule has 1 aromatic carbocycles. The first-order valence-electron chi connectivity index (χ1n) is 8.59. The quantitative estimate of drug-likeness (QED) is 0.798. The number of aryl methyl sites for hydroxylation is 2. The Hall–Kier alpha value is -2.57. The highest BCUT2D eigenvalue weighted by Crippen LogP contribution is 2.22. The summed E-state index contributed by atoms with van der Waals surface area (Å²) in [5.41, 5.74) is 3.45. The van der Waals surface area contributed by atoms with Crippen LogP contribution in [0, 0.1) is 19.7 Å². The highest BCUT2D eigenvalue weighted by molar-refractivity contribution is 5.74. The fourth-order valence-corrected chi connectivity index (χ4v) is 3.26. The van der Waals surface area contributed by atoms with Gasteiger partial charge in [0.25, 0.3) is 0 Å². The number of aromatic amines is 1. The molecule has 2 amide bonds. The molecule has 7 heteroatoms. The van der Waals surface area contributed by atoms with Gasteiger partial charge in [-0.1, -0.05) is 12.1 Å². The zero-order valence-corrected chi connectivity index (χ0v) is 14.6. The second-order valence-corrected chi connectivity index (χ2v) is 6.48. The molecule has 3 rings (SSSR count). The molecule has 1 aliphatic rings. The summed E-state index contributed by atoms with van der Waals surface area (Å²) in [6, 6.07) is 6.56. The number of amides is 2. The molecule has 0 spiro atoms. The first-order chi connectivity index (χ1) is 12.0. The number of nitrogens with one attached hydrogen (secondary N) is 3. The lowest BCUT2D eigenvalue weighted by Crippen LogP contribution is -2.50. The molecular weight excluding hydrogens is 321 g/mol. The van der Waals surface area contributed by atoms with Crippen molar-refractivity contribution < 1.29 is 9.18 Å². The van der Waals surface area contributed by atoms with Crippen molar-refractivity contribution in [3.63, 3.8) is 0 Å². The number of H-pyrrole nitrogens is 1. The average molecular weight is 345 g/mol. The molecule has 0 unspecified atom stereocenters. The van der Waals surface area contributed by atoms with E-state index in [1.807, 2.05) is 24.8 Å². The smallest absolute Gasteiger partial charge is 0.315 e. The molecule has 1 atom stereocenters. The van der Waals surface area contributed by atoms with Gasteiger partial charge in [0.1, 0.15) is 5.82 Å². The summed E-state index contributed by atoms with van der Waals surface area (Å²) in [6.45, 7) is 5.68. The highest BCUT2D eigenvalue weighted by atomic mass is 19.1. The lowest BCUT2D eigenvalue weighted by Gasteiger charge is -2.34. The Balaban J connectivity index is 1.54. The van der Waals surface area contributed by atoms with Crippen LogP contribution < -0.4 is 15.5 Å². The predicted octanol–water partition coefficient (Wildman–Crippen LogP) is 2.63. The molecule has 1 fully saturated rings. The van der Waals surface area contributed by atoms with Crippen molar-refractivity contribution in [2.24, 2.45) is 0 Å². The third-order valence-corrected chi connectivity index (χ3v) is 4.66. The maximum atomic E-state index is 14.0. The molecular formula is C18H24FN5O. The van der Waals surface area contributed by atoms with E-state index in [9.17, 15) is 9.18 Å². The van der Waals surface area contributed by atoms with E-state index in [-0.39, 0.29) is 17.9 Å². The Morgan fingerprint density at radius 3 is 2.92 bits per heavy atom. The van der Waals surface area contributed by atoms with Crippen molar-refractivity contribution in [2.75, 3.05) is 18.0 Å². The van der Waals surface area contributed by atoms with Gasteiger partial charge in [-0.25, -0.2) is 9.18 Å². The minimum Gasteiger partial charge on any atom is -0.367 e. The second-order valence-electron chi connectivity index (χ2n) is 6.48. The van der Waals surface area contributed by atoms with Gasteiger partial charge in [0.05, 0.1) is 11.4 Å². The number of benzene rings is 1. The van der Waals surface area contributed by atoms with Gasteiger partial charge in [0, 0.05) is 36.9 Å². The van der Waals surface area contributed by atoms with Crippen molar-refractivity contribution in [3.8, 4) is 0 Å². The minimum absolute atomic E-state index is 0.0000928. The zero-order valence-electron chi connectivity index (χ0n) is 14.6. The molecule has 134 valence electrons. The van der Waals surface area contributed by atoms with Gasteiger partial charge in [0.2, 0.25) is 0 Å². The number of anilines is 1. The van der Waals surface area contributed by atoms with Crippen molar-refractivity contribution in [1.82, 2.24) is 20.8 Å². The first kappa shape index (κ1) is 17.3. The van der Waals surface area contributed by atoms with Crippen LogP contribution in [0.3, 0.4) is 0 Å². The summed E-state index contributed by atoms with van der Waals surface area (Å²) in [4.78, 5) is 14.2. The number of carbonyl (C=O) groups excluding carboxylic acids is 1. The highest BCUT2D eigenvalue weighted by Gasteiger charge is 2.23. The van der Waals surface area contributed by atoms with Gasteiger partial charge in [0.15, 0.2) is 0 Å². The molecule has 1 aromatic heterocycles. The molecule has 6 nitrogen and oxygen atoms in total. The fourth-order valence-electron chi connectivity index (χ4n) is 3.26. The first-order valence-corrected chi connectivity index (χ1v) is 8.59. The number of aromatic nitrogens is 2. The number of piperidine rings is 1. The molecule has 1 aliphatic heterocycles. The second kappa shape index (κ2) is 7.55. The summed E-state index contributed by atoms with van der Waals surface area (Å²) in [5, 5.41) is 12.9. The molecule has 2 aromatic rings. The number of para-hydroxylation sites is 1. The van der Waals surface area contributed by atoms with E-state index >= 15 is 0 Å². The van der Waals surface area contributed by atoms with E-state index in [1.54, 1.807) is 12.1 Å². The van der Waals surface area contributed by atoms with Gasteiger partial charge in [-0.3, -0.25) is 5.10 Å². The summed E-state index contributed by atoms with van der Waals surface area (Å²) < 4.78 is 14.0. The van der Waals surface area contributed by atoms with Crippen LogP contribution in [0.2, 0.25) is 0 Å². The van der Waals surface area contributed by atoms with Gasteiger partial charge in [-0.15, -0.1) is 0 Å². The van der Waals surface area contributed by atoms with Gasteiger partial charge in [-0.05, 0) is 38.8 Å². The van der Waals surface area contributed by atoms with E-state index in [0.717, 1.165) is 36.3 Å². The number of halogens is 1. The number of hydrogen-bond acceptors (Lipinski definition) is 3. The maximum absolute atomic E-state index is 14.0. The summed E-state index contributed by atoms with van der Waals surface area (Å²) >= 11 is 0. The van der Waals surface area contributed by atoms with Crippen molar-refractivity contribution in [3.05, 3.63) is 47.0 Å². The standard InChI is InChI=1S/C18H24FN5O/c1-12-15(13(2)23-22-12)10-20-18(25)21-14-6-5-9-24(11-14)17-8-4-3-7-16(17)19/h3-4,7-8,14H,5-6,9-11H2,1-2H3,(H,22,23)(H2,20,21,25)/t14-/m1/s1. The third kappa shape index (κ3) is 4.10. The Morgan fingerprint density at radius 1 is 1.40 bits per heavy atom. The van der Waals surface area contributed by atoms with E-state index in [0.29, 0.717) is 18.8 Å². The Kier molecular flexibility index (Phi) is 5.21. The molecule has 2 heterocycles. The molecule has 3 N–H and O–H groups in total. The minimum atomic E-state index is -0.224. The maximum Gasteiger partial charge on any atom is 0.315 e. The number of nitrogens with zero attached hydrogens (tertiary/aromatic N) is 2. The monoisotopic (exact) mass is 345 g/mol. The van der Waals surface area contributed by atoms with Crippen molar-refractivity contribution in [1.29, 1.82) is 0 Å². The molecule has 25 heavy (non-hydrogen) atoms. The van der Waals surface area contributed by atoms with Gasteiger partial charge < -0.3 is 15.5 Å². The predicted molar refractivity (Wildman–Crippen MR) is 95.1 cm³/mol. The summed E-state index contributed by atoms with van der Waals surface area (Å²) in [7, 11) is 0. The fraction of sp³-hybridized carbons (Fsp3) is 0.444. The number of rotatable bonds is 4. The molecule has 0 saturated carbocycles. The van der Waals surface area contributed by atoms with Crippen LogP contribution in [0.5, 0.6) is 0 Å². The van der Waals surface area contributed by atoms with Crippen LogP contribution >= 0.6 is 0 Å². The number of hydrogen-bond donors (Lipinski definition) is 3. The van der Waals surface area contributed by atoms with E-state index in [4.69, 9.17) is 0 Å². The van der Waals surface area contributed by atoms with Crippen molar-refractivity contribution >= 4 is 11.7 Å². The molecule has 0 aliphatic carbocycles. The van der Waals surface area contributed by atoms with Crippen LogP contribution in [0.25, 0.3) is 0 Å². The van der Waals surface area contributed by atoms with E-state index < -0.39 is 0 Å². The van der Waals surface area contributed by atoms with Gasteiger partial charge >= 0.3 is 6.03 Å². The summed E-state index contributed by atoms with van der Waals surface area (Å²) in [5.74, 6) is -0.224. The van der Waals surface area contributed by atoms with Crippen LogP contribution in [-0.4, -0.2) is 35.4 Å². The van der Waals surface area contributed by atoms with Gasteiger partial charge in [-0.2, -0.15) is 5.10 Å². The Bertz CT molecular complexity index is 725. The largest absolute Gasteiger partial charge is 0.367 e. The SMILES string of the molecule is Cc1n[nH]c(C)c1CNC(=O)N[C@@H]1CCCN(c2ccccc2F)C1. The lowest BCUT2D eigenvalue weighted by molar-refractivity contribution is 0.234. The van der Waals surface area contributed by atoms with Crippen LogP contribution in [-0.2, 0) is 6.54 Å². The Morgan fingerprint density at radius 2 is 2.20 bits per heavy atom. The van der Waals surface area contributed by atoms with E-state index in [1.165, 1.54) is 6.07 Å². The van der Waals surface area contributed by atoms with Crippen molar-refractivity contribution in [2.45, 2.75) is 39.3 Å².